The number of benzene rings is 2. The Labute approximate surface area is 134 Å². The highest BCUT2D eigenvalue weighted by molar-refractivity contribution is 7.99. The van der Waals surface area contributed by atoms with Crippen molar-refractivity contribution in [1.29, 1.82) is 0 Å². The summed E-state index contributed by atoms with van der Waals surface area (Å²) >= 11 is 7.54. The lowest BCUT2D eigenvalue weighted by atomic mass is 10.1. The summed E-state index contributed by atoms with van der Waals surface area (Å²) in [6, 6.07) is 15.4. The normalized spacial score (nSPS) is 12.0. The molecule has 0 bridgehead atoms. The molecular formula is C17H18ClNOS. The molecule has 2 aromatic rings. The summed E-state index contributed by atoms with van der Waals surface area (Å²) in [7, 11) is 0. The van der Waals surface area contributed by atoms with Gasteiger partial charge >= 0.3 is 0 Å². The van der Waals surface area contributed by atoms with Crippen molar-refractivity contribution in [3.63, 3.8) is 0 Å². The van der Waals surface area contributed by atoms with Gasteiger partial charge in [0.1, 0.15) is 0 Å². The smallest absolute Gasteiger partial charge is 0.237 e. The fourth-order valence-corrected chi connectivity index (χ4v) is 3.03. The minimum absolute atomic E-state index is 0.00384. The molecule has 0 fully saturated rings. The lowest BCUT2D eigenvalue weighted by Crippen LogP contribution is -2.22. The third-order valence-corrected chi connectivity index (χ3v) is 4.64. The Morgan fingerprint density at radius 2 is 2.00 bits per heavy atom. The van der Waals surface area contributed by atoms with E-state index in [1.807, 2.05) is 31.2 Å². The van der Waals surface area contributed by atoms with Crippen molar-refractivity contribution < 1.29 is 4.79 Å². The molecule has 1 N–H and O–H groups in total. The Morgan fingerprint density at radius 1 is 1.24 bits per heavy atom. The summed E-state index contributed by atoms with van der Waals surface area (Å²) in [4.78, 5) is 12.2. The average molecular weight is 320 g/mol. The second-order valence-corrected chi connectivity index (χ2v) is 6.64. The Morgan fingerprint density at radius 3 is 2.71 bits per heavy atom. The van der Waals surface area contributed by atoms with Gasteiger partial charge in [0.2, 0.25) is 5.91 Å². The average Bonchev–Trinajstić information content (AvgIpc) is 2.46. The van der Waals surface area contributed by atoms with Crippen LogP contribution < -0.4 is 5.32 Å². The monoisotopic (exact) mass is 319 g/mol. The maximum Gasteiger partial charge on any atom is 0.237 e. The van der Waals surface area contributed by atoms with E-state index >= 15 is 0 Å². The summed E-state index contributed by atoms with van der Waals surface area (Å²) < 4.78 is 0. The summed E-state index contributed by atoms with van der Waals surface area (Å²) in [6.45, 7) is 4.01. The zero-order valence-corrected chi connectivity index (χ0v) is 13.7. The van der Waals surface area contributed by atoms with Crippen LogP contribution in [0.1, 0.15) is 18.1 Å². The number of halogens is 1. The predicted octanol–water partition coefficient (Wildman–Crippen LogP) is 4.91. The third-order valence-electron chi connectivity index (χ3n) is 3.21. The van der Waals surface area contributed by atoms with Gasteiger partial charge in [-0.3, -0.25) is 4.79 Å². The molecule has 21 heavy (non-hydrogen) atoms. The highest BCUT2D eigenvalue weighted by Crippen LogP contribution is 2.22. The number of aryl methyl sites for hydroxylation is 1. The number of rotatable bonds is 5. The molecule has 0 aromatic heterocycles. The van der Waals surface area contributed by atoms with E-state index in [0.717, 1.165) is 11.4 Å². The van der Waals surface area contributed by atoms with Crippen LogP contribution in [0.25, 0.3) is 0 Å². The minimum Gasteiger partial charge on any atom is -0.325 e. The molecule has 0 saturated carbocycles. The summed E-state index contributed by atoms with van der Waals surface area (Å²) in [6.07, 6.45) is 0. The molecule has 2 rings (SSSR count). The van der Waals surface area contributed by atoms with Gasteiger partial charge in [0.15, 0.2) is 0 Å². The second kappa shape index (κ2) is 7.53. The van der Waals surface area contributed by atoms with E-state index in [0.29, 0.717) is 5.02 Å². The standard InChI is InChI=1S/C17H18ClNOS/c1-12-6-3-4-7-14(12)11-21-13(2)17(20)19-16-9-5-8-15(18)10-16/h3-10,13H,11H2,1-2H3,(H,19,20)/t13-/m0/s1. The first-order chi connectivity index (χ1) is 10.1. The van der Waals surface area contributed by atoms with E-state index in [9.17, 15) is 4.79 Å². The molecular weight excluding hydrogens is 302 g/mol. The van der Waals surface area contributed by atoms with Crippen molar-refractivity contribution in [3.05, 3.63) is 64.7 Å². The second-order valence-electron chi connectivity index (χ2n) is 4.88. The van der Waals surface area contributed by atoms with Gasteiger partial charge in [-0.2, -0.15) is 0 Å². The van der Waals surface area contributed by atoms with Gasteiger partial charge in [0.25, 0.3) is 0 Å². The molecule has 0 aliphatic carbocycles. The third kappa shape index (κ3) is 4.80. The molecule has 0 saturated heterocycles. The van der Waals surface area contributed by atoms with E-state index in [-0.39, 0.29) is 11.2 Å². The first-order valence-electron chi connectivity index (χ1n) is 6.79. The van der Waals surface area contributed by atoms with Crippen molar-refractivity contribution in [3.8, 4) is 0 Å². The van der Waals surface area contributed by atoms with Gasteiger partial charge in [-0.15, -0.1) is 11.8 Å². The molecule has 0 unspecified atom stereocenters. The first-order valence-corrected chi connectivity index (χ1v) is 8.21. The summed E-state index contributed by atoms with van der Waals surface area (Å²) in [5.41, 5.74) is 3.26. The highest BCUT2D eigenvalue weighted by Gasteiger charge is 2.14. The number of carbonyl (C=O) groups excluding carboxylic acids is 1. The maximum atomic E-state index is 12.2. The van der Waals surface area contributed by atoms with Crippen LogP contribution in [0.2, 0.25) is 5.02 Å². The topological polar surface area (TPSA) is 29.1 Å². The van der Waals surface area contributed by atoms with Crippen molar-refractivity contribution >= 4 is 35.0 Å². The van der Waals surface area contributed by atoms with Gasteiger partial charge in [0, 0.05) is 16.5 Å². The summed E-state index contributed by atoms with van der Waals surface area (Å²) in [5.74, 6) is 0.826. The van der Waals surface area contributed by atoms with Crippen LogP contribution in [0.15, 0.2) is 48.5 Å². The number of anilines is 1. The van der Waals surface area contributed by atoms with E-state index in [2.05, 4.69) is 24.4 Å². The number of carbonyl (C=O) groups is 1. The zero-order valence-electron chi connectivity index (χ0n) is 12.1. The van der Waals surface area contributed by atoms with Crippen molar-refractivity contribution in [1.82, 2.24) is 0 Å². The van der Waals surface area contributed by atoms with Gasteiger partial charge in [-0.1, -0.05) is 41.9 Å². The first kappa shape index (κ1) is 15.9. The van der Waals surface area contributed by atoms with Gasteiger partial charge in [0.05, 0.1) is 5.25 Å². The van der Waals surface area contributed by atoms with Crippen LogP contribution in [0.3, 0.4) is 0 Å². The van der Waals surface area contributed by atoms with Crippen molar-refractivity contribution in [2.24, 2.45) is 0 Å². The lowest BCUT2D eigenvalue weighted by molar-refractivity contribution is -0.115. The predicted molar refractivity (Wildman–Crippen MR) is 92.0 cm³/mol. The number of nitrogens with one attached hydrogen (secondary N) is 1. The van der Waals surface area contributed by atoms with Crippen molar-refractivity contribution in [2.45, 2.75) is 24.9 Å². The number of thioether (sulfide) groups is 1. The van der Waals surface area contributed by atoms with E-state index < -0.39 is 0 Å². The van der Waals surface area contributed by atoms with Gasteiger partial charge in [-0.05, 0) is 43.2 Å². The SMILES string of the molecule is Cc1ccccc1CS[C@@H](C)C(=O)Nc1cccc(Cl)c1. The van der Waals surface area contributed by atoms with Crippen LogP contribution >= 0.6 is 23.4 Å². The molecule has 1 amide bonds. The number of hydrogen-bond acceptors (Lipinski definition) is 2. The van der Waals surface area contributed by atoms with Crippen LogP contribution in [-0.4, -0.2) is 11.2 Å². The quantitative estimate of drug-likeness (QED) is 0.848. The molecule has 0 radical (unpaired) electrons. The Kier molecular flexibility index (Phi) is 5.71. The van der Waals surface area contributed by atoms with Crippen LogP contribution in [0, 0.1) is 6.92 Å². The summed E-state index contributed by atoms with van der Waals surface area (Å²) in [5, 5.41) is 3.39. The molecule has 4 heteroatoms. The fourth-order valence-electron chi connectivity index (χ4n) is 1.87. The van der Waals surface area contributed by atoms with E-state index in [4.69, 9.17) is 11.6 Å². The van der Waals surface area contributed by atoms with Gasteiger partial charge in [-0.25, -0.2) is 0 Å². The molecule has 2 nitrogen and oxygen atoms in total. The molecule has 0 aliphatic heterocycles. The molecule has 110 valence electrons. The van der Waals surface area contributed by atoms with Crippen LogP contribution in [0.4, 0.5) is 5.69 Å². The Bertz CT molecular complexity index is 630. The molecule has 1 atom stereocenters. The maximum absolute atomic E-state index is 12.2. The highest BCUT2D eigenvalue weighted by atomic mass is 35.5. The van der Waals surface area contributed by atoms with Gasteiger partial charge < -0.3 is 5.32 Å². The number of hydrogen-bond donors (Lipinski definition) is 1. The largest absolute Gasteiger partial charge is 0.325 e. The molecule has 0 aliphatic rings. The zero-order chi connectivity index (χ0) is 15.2. The Hall–Kier alpha value is -1.45. The molecule has 0 heterocycles. The molecule has 0 spiro atoms. The van der Waals surface area contributed by atoms with E-state index in [1.54, 1.807) is 23.9 Å². The minimum atomic E-state index is -0.122. The fraction of sp³-hybridized carbons (Fsp3) is 0.235. The number of amides is 1. The van der Waals surface area contributed by atoms with Crippen LogP contribution in [-0.2, 0) is 10.5 Å². The Balaban J connectivity index is 1.90. The lowest BCUT2D eigenvalue weighted by Gasteiger charge is -2.13. The van der Waals surface area contributed by atoms with Crippen molar-refractivity contribution in [2.75, 3.05) is 5.32 Å². The molecule has 2 aromatic carbocycles. The van der Waals surface area contributed by atoms with E-state index in [1.165, 1.54) is 11.1 Å². The van der Waals surface area contributed by atoms with Crippen LogP contribution in [0.5, 0.6) is 0 Å².